The van der Waals surface area contributed by atoms with Gasteiger partial charge in [0.05, 0.1) is 6.61 Å². The third-order valence-electron chi connectivity index (χ3n) is 13.7. The van der Waals surface area contributed by atoms with E-state index in [1.54, 1.807) is 0 Å². The minimum atomic E-state index is -4.61. The molecule has 1 aliphatic rings. The van der Waals surface area contributed by atoms with Crippen LogP contribution < -0.4 is 0 Å². The van der Waals surface area contributed by atoms with Crippen LogP contribution in [0.4, 0.5) is 0 Å². The number of carbonyl (C=O) groups excluding carboxylic acids is 2. The zero-order chi connectivity index (χ0) is 52.6. The topological polar surface area (TPSA) is 186 Å². The fourth-order valence-electron chi connectivity index (χ4n) is 9.12. The number of unbranched alkanes of at least 4 members (excludes halogenated alkanes) is 33. The van der Waals surface area contributed by atoms with Crippen molar-refractivity contribution >= 4 is 22.1 Å². The Bertz CT molecular complexity index is 1450. The van der Waals surface area contributed by atoms with Gasteiger partial charge in [0.2, 0.25) is 0 Å². The molecule has 0 aromatic heterocycles. The number of hydrogen-bond acceptors (Lipinski definition) is 11. The van der Waals surface area contributed by atoms with E-state index in [0.29, 0.717) is 12.8 Å². The number of allylic oxidation sites excluding steroid dienone is 6. The molecule has 1 rings (SSSR count). The van der Waals surface area contributed by atoms with Crippen LogP contribution in [0.2, 0.25) is 0 Å². The molecule has 1 saturated heterocycles. The van der Waals surface area contributed by atoms with Crippen LogP contribution in [0.3, 0.4) is 0 Å². The Kier molecular flexibility index (Phi) is 45.7. The SMILES string of the molecule is CCCCCCC/C=C\C/C=C\CCCCCCCCCCCC(=O)OC(COC(=O)CCCCCCCCCCCCC/C=C\CCCCCCCCCC)COC1OC(CS(=O)(=O)O)C(O)C(O)C1O. The van der Waals surface area contributed by atoms with Crippen molar-refractivity contribution in [1.82, 2.24) is 0 Å². The molecule has 72 heavy (non-hydrogen) atoms. The molecule has 422 valence electrons. The normalized spacial score (nSPS) is 19.0. The molecule has 1 aliphatic heterocycles. The quantitative estimate of drug-likeness (QED) is 0.0196. The van der Waals surface area contributed by atoms with Gasteiger partial charge >= 0.3 is 11.9 Å². The Morgan fingerprint density at radius 1 is 0.472 bits per heavy atom. The van der Waals surface area contributed by atoms with E-state index in [1.165, 1.54) is 180 Å². The smallest absolute Gasteiger partial charge is 0.306 e. The summed E-state index contributed by atoms with van der Waals surface area (Å²) in [7, 11) is -4.61. The van der Waals surface area contributed by atoms with Crippen LogP contribution in [-0.4, -0.2) is 96.0 Å². The predicted molar refractivity (Wildman–Crippen MR) is 293 cm³/mol. The Morgan fingerprint density at radius 2 is 0.833 bits per heavy atom. The second-order valence-corrected chi connectivity index (χ2v) is 22.2. The summed E-state index contributed by atoms with van der Waals surface area (Å²) in [5, 5.41) is 31.1. The minimum absolute atomic E-state index is 0.161. The summed E-state index contributed by atoms with van der Waals surface area (Å²) in [6.45, 7) is 3.80. The highest BCUT2D eigenvalue weighted by molar-refractivity contribution is 7.85. The summed E-state index contributed by atoms with van der Waals surface area (Å²) in [5.74, 6) is -1.98. The zero-order valence-electron chi connectivity index (χ0n) is 45.8. The van der Waals surface area contributed by atoms with Gasteiger partial charge in [0.1, 0.15) is 36.8 Å². The van der Waals surface area contributed by atoms with Crippen molar-refractivity contribution in [2.24, 2.45) is 0 Å². The van der Waals surface area contributed by atoms with Crippen LogP contribution in [0, 0.1) is 0 Å². The van der Waals surface area contributed by atoms with Gasteiger partial charge < -0.3 is 34.3 Å². The first kappa shape index (κ1) is 67.9. The van der Waals surface area contributed by atoms with Gasteiger partial charge in [-0.15, -0.1) is 0 Å². The summed E-state index contributed by atoms with van der Waals surface area (Å²) < 4.78 is 54.4. The summed E-state index contributed by atoms with van der Waals surface area (Å²) in [4.78, 5) is 25.6. The van der Waals surface area contributed by atoms with Crippen LogP contribution in [0.5, 0.6) is 0 Å². The average molecular weight is 1040 g/mol. The first-order valence-corrected chi connectivity index (χ1v) is 31.2. The van der Waals surface area contributed by atoms with Crippen LogP contribution >= 0.6 is 0 Å². The van der Waals surface area contributed by atoms with E-state index in [4.69, 9.17) is 18.9 Å². The van der Waals surface area contributed by atoms with E-state index in [1.807, 2.05) is 0 Å². The molecule has 12 nitrogen and oxygen atoms in total. The zero-order valence-corrected chi connectivity index (χ0v) is 46.6. The highest BCUT2D eigenvalue weighted by Crippen LogP contribution is 2.24. The third kappa shape index (κ3) is 42.1. The fourth-order valence-corrected chi connectivity index (χ4v) is 9.81. The van der Waals surface area contributed by atoms with Gasteiger partial charge in [-0.05, 0) is 70.6 Å². The highest BCUT2D eigenvalue weighted by atomic mass is 32.2. The Balaban J connectivity index is 2.30. The molecule has 0 bridgehead atoms. The number of aliphatic hydroxyl groups is 3. The molecule has 0 radical (unpaired) electrons. The Morgan fingerprint density at radius 3 is 1.24 bits per heavy atom. The number of rotatable bonds is 51. The van der Waals surface area contributed by atoms with E-state index in [-0.39, 0.29) is 19.4 Å². The molecule has 6 atom stereocenters. The molecular formula is C59H108O12S. The van der Waals surface area contributed by atoms with E-state index >= 15 is 0 Å². The van der Waals surface area contributed by atoms with E-state index in [9.17, 15) is 37.9 Å². The number of hydrogen-bond donors (Lipinski definition) is 4. The van der Waals surface area contributed by atoms with Gasteiger partial charge in [-0.1, -0.05) is 224 Å². The molecule has 0 aromatic carbocycles. The summed E-state index contributed by atoms with van der Waals surface area (Å²) in [6, 6.07) is 0. The minimum Gasteiger partial charge on any atom is -0.462 e. The van der Waals surface area contributed by atoms with Gasteiger partial charge in [-0.25, -0.2) is 0 Å². The lowest BCUT2D eigenvalue weighted by atomic mass is 10.00. The second-order valence-electron chi connectivity index (χ2n) is 20.7. The average Bonchev–Trinajstić information content (AvgIpc) is 3.35. The fraction of sp³-hybridized carbons (Fsp3) is 0.864. The van der Waals surface area contributed by atoms with Crippen molar-refractivity contribution in [1.29, 1.82) is 0 Å². The molecule has 4 N–H and O–H groups in total. The summed E-state index contributed by atoms with van der Waals surface area (Å²) in [6.07, 6.45) is 50.4. The maximum absolute atomic E-state index is 12.9. The van der Waals surface area contributed by atoms with Crippen molar-refractivity contribution in [2.45, 2.75) is 307 Å². The van der Waals surface area contributed by atoms with Gasteiger partial charge in [0.25, 0.3) is 10.1 Å². The molecule has 1 heterocycles. The number of esters is 2. The number of ether oxygens (including phenoxy) is 4. The molecule has 13 heteroatoms. The lowest BCUT2D eigenvalue weighted by Gasteiger charge is -2.40. The predicted octanol–water partition coefficient (Wildman–Crippen LogP) is 14.5. The van der Waals surface area contributed by atoms with Crippen molar-refractivity contribution in [3.8, 4) is 0 Å². The van der Waals surface area contributed by atoms with E-state index in [0.717, 1.165) is 51.4 Å². The number of aliphatic hydroxyl groups excluding tert-OH is 3. The standard InChI is InChI=1S/C59H108O12S/c1-3-5-7-9-11-13-15-17-19-21-23-25-26-28-29-31-33-35-37-39-41-43-45-47-54(60)68-49-52(50-69-59-58(64)57(63)56(62)53(71-59)51-72(65,66)67)70-55(61)48-46-44-42-40-38-36-34-32-30-27-24-22-20-18-16-14-12-10-8-6-4-2/h16,18,21-24,52-53,56-59,62-64H,3-15,17,19-20,25-51H2,1-2H3,(H,65,66,67)/b18-16-,23-21-,24-22-. The molecular weight excluding hydrogens is 933 g/mol. The molecule has 0 spiro atoms. The van der Waals surface area contributed by atoms with Gasteiger partial charge in [0.15, 0.2) is 12.4 Å². The maximum atomic E-state index is 12.9. The summed E-state index contributed by atoms with van der Waals surface area (Å²) >= 11 is 0. The Labute approximate surface area is 440 Å². The molecule has 1 fully saturated rings. The maximum Gasteiger partial charge on any atom is 0.306 e. The van der Waals surface area contributed by atoms with Crippen LogP contribution in [-0.2, 0) is 38.7 Å². The lowest BCUT2D eigenvalue weighted by molar-refractivity contribution is -0.297. The van der Waals surface area contributed by atoms with E-state index < -0.39 is 71.2 Å². The van der Waals surface area contributed by atoms with Crippen LogP contribution in [0.1, 0.15) is 271 Å². The third-order valence-corrected chi connectivity index (χ3v) is 14.4. The summed E-state index contributed by atoms with van der Waals surface area (Å²) in [5.41, 5.74) is 0. The molecule has 0 saturated carbocycles. The van der Waals surface area contributed by atoms with Gasteiger partial charge in [-0.3, -0.25) is 14.1 Å². The molecule has 0 aliphatic carbocycles. The van der Waals surface area contributed by atoms with Crippen molar-refractivity contribution in [2.75, 3.05) is 19.0 Å². The van der Waals surface area contributed by atoms with Gasteiger partial charge in [0, 0.05) is 12.8 Å². The first-order chi connectivity index (χ1) is 35.0. The van der Waals surface area contributed by atoms with Gasteiger partial charge in [-0.2, -0.15) is 8.42 Å². The molecule has 6 unspecified atom stereocenters. The van der Waals surface area contributed by atoms with E-state index in [2.05, 4.69) is 50.3 Å². The lowest BCUT2D eigenvalue weighted by Crippen LogP contribution is -2.60. The number of carbonyl (C=O) groups is 2. The highest BCUT2D eigenvalue weighted by Gasteiger charge is 2.46. The van der Waals surface area contributed by atoms with Crippen LogP contribution in [0.15, 0.2) is 36.5 Å². The molecule has 0 aromatic rings. The van der Waals surface area contributed by atoms with Crippen molar-refractivity contribution < 1.29 is 56.8 Å². The largest absolute Gasteiger partial charge is 0.462 e. The molecule has 0 amide bonds. The Hall–Kier alpha value is -2.13. The van der Waals surface area contributed by atoms with Crippen LogP contribution in [0.25, 0.3) is 0 Å². The van der Waals surface area contributed by atoms with Crippen molar-refractivity contribution in [3.05, 3.63) is 36.5 Å². The van der Waals surface area contributed by atoms with Crippen molar-refractivity contribution in [3.63, 3.8) is 0 Å². The first-order valence-electron chi connectivity index (χ1n) is 29.5. The second kappa shape index (κ2) is 48.5. The monoisotopic (exact) mass is 1040 g/mol.